The third kappa shape index (κ3) is 4.06. The van der Waals surface area contributed by atoms with Gasteiger partial charge in [0, 0.05) is 35.3 Å². The number of rotatable bonds is 6. The van der Waals surface area contributed by atoms with Crippen molar-refractivity contribution in [2.45, 2.75) is 27.0 Å². The fourth-order valence-corrected chi connectivity index (χ4v) is 4.44. The van der Waals surface area contributed by atoms with Gasteiger partial charge >= 0.3 is 0 Å². The van der Waals surface area contributed by atoms with Gasteiger partial charge in [-0.3, -0.25) is 4.79 Å². The number of halogens is 5. The van der Waals surface area contributed by atoms with Crippen molar-refractivity contribution in [2.75, 3.05) is 7.11 Å². The van der Waals surface area contributed by atoms with Crippen LogP contribution in [0.15, 0.2) is 42.3 Å². The molecule has 0 bridgehead atoms. The topological polar surface area (TPSA) is 49.7 Å². The van der Waals surface area contributed by atoms with E-state index in [0.717, 1.165) is 16.5 Å². The summed E-state index contributed by atoms with van der Waals surface area (Å²) in [6, 6.07) is 8.37. The summed E-state index contributed by atoms with van der Waals surface area (Å²) in [7, 11) is 1.56. The molecule has 0 spiro atoms. The molecule has 0 atom stereocenters. The summed E-state index contributed by atoms with van der Waals surface area (Å²) in [4.78, 5) is 13.2. The van der Waals surface area contributed by atoms with Gasteiger partial charge in [-0.1, -0.05) is 0 Å². The summed E-state index contributed by atoms with van der Waals surface area (Å²) in [5.41, 5.74) is 1.29. The van der Waals surface area contributed by atoms with E-state index in [1.807, 2.05) is 35.9 Å². The molecule has 1 aliphatic heterocycles. The number of carbonyl (C=O) groups is 1. The molecule has 5 nitrogen and oxygen atoms in total. The van der Waals surface area contributed by atoms with Crippen molar-refractivity contribution in [3.8, 4) is 17.2 Å². The van der Waals surface area contributed by atoms with Gasteiger partial charge in [-0.15, -0.1) is 0 Å². The zero-order valence-electron chi connectivity index (χ0n) is 20.4. The molecule has 1 aliphatic rings. The van der Waals surface area contributed by atoms with Crippen LogP contribution in [0.3, 0.4) is 0 Å². The van der Waals surface area contributed by atoms with Gasteiger partial charge in [0.2, 0.25) is 11.6 Å². The number of fused-ring (bicyclic) bond motifs is 2. The maximum atomic E-state index is 14.0. The number of aryl methyl sites for hydroxylation is 2. The molecule has 0 N–H and O–H groups in total. The Morgan fingerprint density at radius 1 is 0.947 bits per heavy atom. The summed E-state index contributed by atoms with van der Waals surface area (Å²) >= 11 is 0. The average molecular weight is 529 g/mol. The summed E-state index contributed by atoms with van der Waals surface area (Å²) in [6.07, 6.45) is 3.51. The molecule has 0 radical (unpaired) electrons. The third-order valence-corrected chi connectivity index (χ3v) is 6.37. The second-order valence-electron chi connectivity index (χ2n) is 8.64. The van der Waals surface area contributed by atoms with Crippen molar-refractivity contribution in [1.29, 1.82) is 0 Å². The van der Waals surface area contributed by atoms with Crippen LogP contribution in [0.5, 0.6) is 17.2 Å². The van der Waals surface area contributed by atoms with Crippen LogP contribution in [0.25, 0.3) is 17.0 Å². The highest BCUT2D eigenvalue weighted by atomic mass is 19.2. The maximum Gasteiger partial charge on any atom is 0.232 e. The molecule has 2 heterocycles. The Kier molecular flexibility index (Phi) is 6.34. The normalized spacial score (nSPS) is 13.8. The van der Waals surface area contributed by atoms with E-state index in [-0.39, 0.29) is 28.6 Å². The van der Waals surface area contributed by atoms with Crippen molar-refractivity contribution in [1.82, 2.24) is 4.57 Å². The Labute approximate surface area is 213 Å². The van der Waals surface area contributed by atoms with E-state index in [0.29, 0.717) is 17.9 Å². The minimum Gasteiger partial charge on any atom is -0.497 e. The number of ketones is 1. The molecule has 5 rings (SSSR count). The van der Waals surface area contributed by atoms with Crippen molar-refractivity contribution in [3.63, 3.8) is 0 Å². The zero-order valence-corrected chi connectivity index (χ0v) is 20.4. The summed E-state index contributed by atoms with van der Waals surface area (Å²) < 4.78 is 86.9. The van der Waals surface area contributed by atoms with E-state index >= 15 is 0 Å². The van der Waals surface area contributed by atoms with Crippen molar-refractivity contribution in [2.24, 2.45) is 0 Å². The van der Waals surface area contributed by atoms with Crippen molar-refractivity contribution >= 4 is 22.8 Å². The Morgan fingerprint density at radius 2 is 1.63 bits per heavy atom. The minimum atomic E-state index is -2.25. The maximum absolute atomic E-state index is 14.0. The van der Waals surface area contributed by atoms with Gasteiger partial charge in [-0.05, 0) is 49.8 Å². The predicted octanol–water partition coefficient (Wildman–Crippen LogP) is 6.87. The largest absolute Gasteiger partial charge is 0.497 e. The van der Waals surface area contributed by atoms with Crippen LogP contribution >= 0.6 is 0 Å². The number of methoxy groups -OCH3 is 1. The number of ether oxygens (including phenoxy) is 3. The molecule has 4 aromatic rings. The lowest BCUT2D eigenvalue weighted by molar-refractivity contribution is 0.101. The van der Waals surface area contributed by atoms with Crippen LogP contribution < -0.4 is 14.2 Å². The van der Waals surface area contributed by atoms with Crippen LogP contribution in [0.4, 0.5) is 22.0 Å². The third-order valence-electron chi connectivity index (χ3n) is 6.37. The standard InChI is InChI=1S/C28H20F5NO4/c1-4-34-11-14(17-9-15(36-3)5-6-19(17)34)8-21-28(35)22-13(2)7-16(10-20(22)38-21)37-12-18-23(29)25(31)27(33)26(32)24(18)30/h5-11H,4,12H2,1-3H3/b21-8-. The van der Waals surface area contributed by atoms with E-state index in [2.05, 4.69) is 0 Å². The molecular weight excluding hydrogens is 509 g/mol. The lowest BCUT2D eigenvalue weighted by atomic mass is 10.0. The van der Waals surface area contributed by atoms with Gasteiger partial charge in [-0.2, -0.15) is 0 Å². The lowest BCUT2D eigenvalue weighted by Crippen LogP contribution is -2.10. The van der Waals surface area contributed by atoms with Gasteiger partial charge in [0.1, 0.15) is 23.9 Å². The van der Waals surface area contributed by atoms with Crippen molar-refractivity contribution in [3.05, 3.63) is 93.6 Å². The highest BCUT2D eigenvalue weighted by Crippen LogP contribution is 2.39. The van der Waals surface area contributed by atoms with E-state index in [1.165, 1.54) is 12.1 Å². The summed E-state index contributed by atoms with van der Waals surface area (Å²) in [5.74, 6) is -9.81. The first-order chi connectivity index (χ1) is 18.1. The number of Topliss-reactive ketones (excluding diaryl/α,β-unsaturated/α-hetero) is 1. The van der Waals surface area contributed by atoms with Crippen LogP contribution in [0, 0.1) is 36.0 Å². The van der Waals surface area contributed by atoms with E-state index in [4.69, 9.17) is 14.2 Å². The minimum absolute atomic E-state index is 0.0200. The summed E-state index contributed by atoms with van der Waals surface area (Å²) in [6.45, 7) is 3.37. The molecule has 3 aromatic carbocycles. The molecule has 0 saturated carbocycles. The zero-order chi connectivity index (χ0) is 27.3. The Bertz CT molecular complexity index is 1630. The molecule has 0 amide bonds. The van der Waals surface area contributed by atoms with E-state index in [1.54, 1.807) is 20.1 Å². The molecule has 10 heteroatoms. The monoisotopic (exact) mass is 529 g/mol. The highest BCUT2D eigenvalue weighted by Gasteiger charge is 2.31. The van der Waals surface area contributed by atoms with Gasteiger partial charge < -0.3 is 18.8 Å². The SMILES string of the molecule is CCn1cc(/C=C2\Oc3cc(OCc4c(F)c(F)c(F)c(F)c4F)cc(C)c3C2=O)c2cc(OC)ccc21. The van der Waals surface area contributed by atoms with Crippen molar-refractivity contribution < 1.29 is 41.0 Å². The molecule has 196 valence electrons. The first-order valence-electron chi connectivity index (χ1n) is 11.5. The number of allylic oxidation sites excluding steroid dienone is 1. The van der Waals surface area contributed by atoms with Gasteiger partial charge in [0.05, 0.1) is 18.2 Å². The molecule has 0 unspecified atom stereocenters. The second-order valence-corrected chi connectivity index (χ2v) is 8.64. The predicted molar refractivity (Wildman–Crippen MR) is 129 cm³/mol. The second kappa shape index (κ2) is 9.51. The fourth-order valence-electron chi connectivity index (χ4n) is 4.44. The average Bonchev–Trinajstić information content (AvgIpc) is 3.42. The number of hydrogen-bond acceptors (Lipinski definition) is 4. The first kappa shape index (κ1) is 25.3. The van der Waals surface area contributed by atoms with Crippen LogP contribution in [0.2, 0.25) is 0 Å². The fraction of sp³-hybridized carbons (Fsp3) is 0.179. The molecular formula is C28H20F5NO4. The van der Waals surface area contributed by atoms with Crippen LogP contribution in [-0.4, -0.2) is 17.5 Å². The Morgan fingerprint density at radius 3 is 2.29 bits per heavy atom. The van der Waals surface area contributed by atoms with E-state index < -0.39 is 41.3 Å². The highest BCUT2D eigenvalue weighted by molar-refractivity contribution is 6.16. The van der Waals surface area contributed by atoms with Gasteiger partial charge in [-0.25, -0.2) is 22.0 Å². The number of nitrogens with zero attached hydrogens (tertiary/aromatic N) is 1. The smallest absolute Gasteiger partial charge is 0.232 e. The molecule has 0 saturated heterocycles. The number of hydrogen-bond donors (Lipinski definition) is 0. The van der Waals surface area contributed by atoms with E-state index in [9.17, 15) is 26.7 Å². The van der Waals surface area contributed by atoms with Crippen LogP contribution in [-0.2, 0) is 13.2 Å². The molecule has 1 aromatic heterocycles. The molecule has 0 aliphatic carbocycles. The van der Waals surface area contributed by atoms with Gasteiger partial charge in [0.25, 0.3) is 0 Å². The Hall–Kier alpha value is -4.34. The summed E-state index contributed by atoms with van der Waals surface area (Å²) in [5, 5.41) is 0.856. The quantitative estimate of drug-likeness (QED) is 0.118. The number of carbonyl (C=O) groups excluding carboxylic acids is 1. The molecule has 38 heavy (non-hydrogen) atoms. The number of aromatic nitrogens is 1. The molecule has 0 fully saturated rings. The Balaban J connectivity index is 1.46. The first-order valence-corrected chi connectivity index (χ1v) is 11.5. The van der Waals surface area contributed by atoms with Gasteiger partial charge in [0.15, 0.2) is 29.0 Å². The number of benzene rings is 3. The lowest BCUT2D eigenvalue weighted by Gasteiger charge is -2.11. The van der Waals surface area contributed by atoms with Crippen LogP contribution in [0.1, 0.15) is 34.0 Å².